The second-order valence-corrected chi connectivity index (χ2v) is 5.34. The maximum atomic E-state index is 5.97. The molecule has 1 aromatic carbocycles. The van der Waals surface area contributed by atoms with E-state index in [9.17, 15) is 0 Å². The molecule has 0 bridgehead atoms. The van der Waals surface area contributed by atoms with Crippen molar-refractivity contribution in [3.63, 3.8) is 0 Å². The van der Waals surface area contributed by atoms with Crippen molar-refractivity contribution in [2.75, 3.05) is 5.73 Å². The highest BCUT2D eigenvalue weighted by Crippen LogP contribution is 2.31. The third-order valence-electron chi connectivity index (χ3n) is 2.84. The van der Waals surface area contributed by atoms with Crippen molar-refractivity contribution in [3.8, 4) is 5.75 Å². The molecule has 0 spiro atoms. The fraction of sp³-hybridized carbons (Fsp3) is 0.357. The van der Waals surface area contributed by atoms with Crippen molar-refractivity contribution in [1.82, 2.24) is 4.98 Å². The largest absolute Gasteiger partial charge is 0.488 e. The van der Waals surface area contributed by atoms with Gasteiger partial charge >= 0.3 is 0 Å². The van der Waals surface area contributed by atoms with Gasteiger partial charge in [-0.1, -0.05) is 13.3 Å². The van der Waals surface area contributed by atoms with Gasteiger partial charge in [-0.15, -0.1) is 0 Å². The number of hydrogen-bond donors (Lipinski definition) is 1. The molecule has 18 heavy (non-hydrogen) atoms. The molecule has 0 saturated heterocycles. The summed E-state index contributed by atoms with van der Waals surface area (Å²) in [5.74, 6) is 0.799. The maximum Gasteiger partial charge on any atom is 0.146 e. The number of rotatable bonds is 4. The van der Waals surface area contributed by atoms with E-state index in [4.69, 9.17) is 10.5 Å². The summed E-state index contributed by atoms with van der Waals surface area (Å²) in [6.45, 7) is 4.22. The van der Waals surface area contributed by atoms with E-state index in [1.165, 1.54) is 0 Å². The average molecular weight is 309 g/mol. The van der Waals surface area contributed by atoms with Gasteiger partial charge in [0.25, 0.3) is 0 Å². The SMILES string of the molecule is CCCC(C)Oc1ccc(N)c2cc(Br)cnc12. The van der Waals surface area contributed by atoms with Gasteiger partial charge in [0.1, 0.15) is 11.3 Å². The number of hydrogen-bond acceptors (Lipinski definition) is 3. The van der Waals surface area contributed by atoms with E-state index < -0.39 is 0 Å². The highest BCUT2D eigenvalue weighted by atomic mass is 79.9. The lowest BCUT2D eigenvalue weighted by molar-refractivity contribution is 0.212. The molecule has 1 heterocycles. The van der Waals surface area contributed by atoms with Crippen LogP contribution in [0.3, 0.4) is 0 Å². The van der Waals surface area contributed by atoms with Crippen molar-refractivity contribution in [3.05, 3.63) is 28.9 Å². The molecule has 3 nitrogen and oxygen atoms in total. The Hall–Kier alpha value is -1.29. The smallest absolute Gasteiger partial charge is 0.146 e. The van der Waals surface area contributed by atoms with Crippen LogP contribution < -0.4 is 10.5 Å². The van der Waals surface area contributed by atoms with Crippen LogP contribution in [0.4, 0.5) is 5.69 Å². The predicted molar refractivity (Wildman–Crippen MR) is 78.9 cm³/mol. The molecule has 0 aliphatic heterocycles. The quantitative estimate of drug-likeness (QED) is 0.863. The minimum Gasteiger partial charge on any atom is -0.488 e. The van der Waals surface area contributed by atoms with E-state index >= 15 is 0 Å². The van der Waals surface area contributed by atoms with Gasteiger partial charge < -0.3 is 10.5 Å². The van der Waals surface area contributed by atoms with Gasteiger partial charge in [-0.25, -0.2) is 0 Å². The monoisotopic (exact) mass is 308 g/mol. The molecule has 2 rings (SSSR count). The van der Waals surface area contributed by atoms with Crippen LogP contribution in [0.15, 0.2) is 28.9 Å². The molecule has 1 unspecified atom stereocenters. The van der Waals surface area contributed by atoms with Gasteiger partial charge in [0.05, 0.1) is 6.10 Å². The lowest BCUT2D eigenvalue weighted by atomic mass is 10.1. The lowest BCUT2D eigenvalue weighted by Crippen LogP contribution is -2.11. The highest BCUT2D eigenvalue weighted by molar-refractivity contribution is 9.10. The van der Waals surface area contributed by atoms with Crippen LogP contribution in [0.5, 0.6) is 5.75 Å². The Bertz CT molecular complexity index is 557. The summed E-state index contributed by atoms with van der Waals surface area (Å²) >= 11 is 3.41. The minimum absolute atomic E-state index is 0.187. The molecular weight excluding hydrogens is 292 g/mol. The number of benzene rings is 1. The molecule has 0 aliphatic rings. The number of fused-ring (bicyclic) bond motifs is 1. The molecular formula is C14H17BrN2O. The molecule has 96 valence electrons. The number of pyridine rings is 1. The molecule has 1 atom stereocenters. The minimum atomic E-state index is 0.187. The molecule has 0 fully saturated rings. The third-order valence-corrected chi connectivity index (χ3v) is 3.27. The first kappa shape index (κ1) is 13.1. The van der Waals surface area contributed by atoms with E-state index in [0.717, 1.165) is 34.0 Å². The zero-order chi connectivity index (χ0) is 13.1. The van der Waals surface area contributed by atoms with E-state index in [2.05, 4.69) is 34.8 Å². The number of ether oxygens (including phenoxy) is 1. The maximum absolute atomic E-state index is 5.97. The fourth-order valence-corrected chi connectivity index (χ4v) is 2.30. The summed E-state index contributed by atoms with van der Waals surface area (Å²) in [6.07, 6.45) is 4.08. The summed E-state index contributed by atoms with van der Waals surface area (Å²) < 4.78 is 6.85. The van der Waals surface area contributed by atoms with Crippen LogP contribution in [0.2, 0.25) is 0 Å². The van der Waals surface area contributed by atoms with Crippen LogP contribution in [-0.4, -0.2) is 11.1 Å². The van der Waals surface area contributed by atoms with Gasteiger partial charge in [-0.3, -0.25) is 4.98 Å². The van der Waals surface area contributed by atoms with E-state index in [1.807, 2.05) is 18.2 Å². The number of nitrogen functional groups attached to an aromatic ring is 1. The Morgan fingerprint density at radius 2 is 2.22 bits per heavy atom. The molecule has 0 saturated carbocycles. The normalized spacial score (nSPS) is 12.6. The molecule has 2 aromatic rings. The van der Waals surface area contributed by atoms with Crippen molar-refractivity contribution < 1.29 is 4.74 Å². The van der Waals surface area contributed by atoms with E-state index in [1.54, 1.807) is 6.20 Å². The first-order valence-corrected chi connectivity index (χ1v) is 6.91. The summed E-state index contributed by atoms with van der Waals surface area (Å²) in [6, 6.07) is 5.73. The van der Waals surface area contributed by atoms with Gasteiger partial charge in [0.2, 0.25) is 0 Å². The first-order chi connectivity index (χ1) is 8.61. The highest BCUT2D eigenvalue weighted by Gasteiger charge is 2.10. The van der Waals surface area contributed by atoms with Crippen molar-refractivity contribution in [2.45, 2.75) is 32.8 Å². The fourth-order valence-electron chi connectivity index (χ4n) is 1.97. The van der Waals surface area contributed by atoms with Crippen molar-refractivity contribution in [1.29, 1.82) is 0 Å². The van der Waals surface area contributed by atoms with E-state index in [0.29, 0.717) is 5.69 Å². The van der Waals surface area contributed by atoms with Crippen LogP contribution in [0.25, 0.3) is 10.9 Å². The third kappa shape index (κ3) is 2.75. The van der Waals surface area contributed by atoms with Crippen LogP contribution in [0, 0.1) is 0 Å². The molecule has 0 aliphatic carbocycles. The van der Waals surface area contributed by atoms with Crippen LogP contribution in [-0.2, 0) is 0 Å². The van der Waals surface area contributed by atoms with E-state index in [-0.39, 0.29) is 6.10 Å². The second kappa shape index (κ2) is 5.57. The second-order valence-electron chi connectivity index (χ2n) is 4.42. The number of halogens is 1. The molecule has 1 aromatic heterocycles. The number of nitrogens with zero attached hydrogens (tertiary/aromatic N) is 1. The Labute approximate surface area is 115 Å². The molecule has 0 radical (unpaired) electrons. The zero-order valence-corrected chi connectivity index (χ0v) is 12.2. The average Bonchev–Trinajstić information content (AvgIpc) is 2.33. The molecule has 4 heteroatoms. The van der Waals surface area contributed by atoms with Gasteiger partial charge in [0, 0.05) is 21.7 Å². The number of anilines is 1. The predicted octanol–water partition coefficient (Wildman–Crippen LogP) is 4.15. The standard InChI is InChI=1S/C14H17BrN2O/c1-3-4-9(2)18-13-6-5-12(16)11-7-10(15)8-17-14(11)13/h5-9H,3-4,16H2,1-2H3. The number of aromatic nitrogens is 1. The van der Waals surface area contributed by atoms with Gasteiger partial charge in [-0.2, -0.15) is 0 Å². The van der Waals surface area contributed by atoms with Gasteiger partial charge in [0.15, 0.2) is 0 Å². The number of nitrogens with two attached hydrogens (primary N) is 1. The van der Waals surface area contributed by atoms with Gasteiger partial charge in [-0.05, 0) is 47.5 Å². The topological polar surface area (TPSA) is 48.1 Å². The van der Waals surface area contributed by atoms with Crippen LogP contribution in [0.1, 0.15) is 26.7 Å². The van der Waals surface area contributed by atoms with Crippen LogP contribution >= 0.6 is 15.9 Å². The summed E-state index contributed by atoms with van der Waals surface area (Å²) in [4.78, 5) is 4.40. The molecule has 2 N–H and O–H groups in total. The molecule has 0 amide bonds. The zero-order valence-electron chi connectivity index (χ0n) is 10.6. The summed E-state index contributed by atoms with van der Waals surface area (Å²) in [5, 5.41) is 0.922. The van der Waals surface area contributed by atoms with Crippen molar-refractivity contribution in [2.24, 2.45) is 0 Å². The Morgan fingerprint density at radius 1 is 1.44 bits per heavy atom. The Morgan fingerprint density at radius 3 is 2.94 bits per heavy atom. The summed E-state index contributed by atoms with van der Waals surface area (Å²) in [5.41, 5.74) is 7.50. The van der Waals surface area contributed by atoms with Crippen molar-refractivity contribution >= 4 is 32.5 Å². The Kier molecular flexibility index (Phi) is 4.07. The first-order valence-electron chi connectivity index (χ1n) is 6.12. The Balaban J connectivity index is 2.42. The lowest BCUT2D eigenvalue weighted by Gasteiger charge is -2.15. The summed E-state index contributed by atoms with van der Waals surface area (Å²) in [7, 11) is 0.